The van der Waals surface area contributed by atoms with Crippen LogP contribution >= 0.6 is 0 Å². The maximum absolute atomic E-state index is 12.7. The van der Waals surface area contributed by atoms with Crippen LogP contribution in [0, 0.1) is 11.3 Å². The van der Waals surface area contributed by atoms with E-state index in [0.29, 0.717) is 18.8 Å². The third kappa shape index (κ3) is 3.85. The molecule has 0 rings (SSSR count). The highest BCUT2D eigenvalue weighted by molar-refractivity contribution is 6.06. The lowest BCUT2D eigenvalue weighted by Gasteiger charge is -2.36. The Balaban J connectivity index is 5.22. The second-order valence-electron chi connectivity index (χ2n) is 5.67. The van der Waals surface area contributed by atoms with Gasteiger partial charge >= 0.3 is 0 Å². The minimum Gasteiger partial charge on any atom is -0.409 e. The van der Waals surface area contributed by atoms with Crippen LogP contribution in [0.5, 0.6) is 0 Å². The quantitative estimate of drug-likeness (QED) is 0.323. The zero-order valence-corrected chi connectivity index (χ0v) is 13.1. The molecule has 0 aliphatic heterocycles. The molecule has 0 spiro atoms. The maximum Gasteiger partial charge on any atom is 0.236 e. The monoisotopic (exact) mass is 271 g/mol. The lowest BCUT2D eigenvalue weighted by molar-refractivity contribution is -0.139. The van der Waals surface area contributed by atoms with Crippen molar-refractivity contribution in [3.63, 3.8) is 0 Å². The second-order valence-corrected chi connectivity index (χ2v) is 5.67. The number of nitrogens with two attached hydrogens (primary N) is 1. The van der Waals surface area contributed by atoms with E-state index >= 15 is 0 Å². The SMILES string of the molecule is CCC(CC)(C(=O)N(C)C(C)CC(C)C)C(N)=NO. The molecular formula is C14H29N3O2. The van der Waals surface area contributed by atoms with Crippen LogP contribution in [0.3, 0.4) is 0 Å². The van der Waals surface area contributed by atoms with E-state index in [2.05, 4.69) is 19.0 Å². The molecule has 5 nitrogen and oxygen atoms in total. The highest BCUT2D eigenvalue weighted by Gasteiger charge is 2.42. The van der Waals surface area contributed by atoms with Crippen LogP contribution in [0.1, 0.15) is 53.9 Å². The Labute approximate surface area is 116 Å². The summed E-state index contributed by atoms with van der Waals surface area (Å²) in [7, 11) is 1.79. The summed E-state index contributed by atoms with van der Waals surface area (Å²) in [6.45, 7) is 10.1. The van der Waals surface area contributed by atoms with E-state index in [1.165, 1.54) is 0 Å². The molecule has 3 N–H and O–H groups in total. The molecule has 0 bridgehead atoms. The number of amides is 1. The summed E-state index contributed by atoms with van der Waals surface area (Å²) in [4.78, 5) is 14.4. The summed E-state index contributed by atoms with van der Waals surface area (Å²) in [5.74, 6) is 0.457. The molecule has 5 heteroatoms. The normalized spacial score (nSPS) is 14.6. The van der Waals surface area contributed by atoms with E-state index in [1.807, 2.05) is 20.8 Å². The Kier molecular flexibility index (Phi) is 6.87. The fraction of sp³-hybridized carbons (Fsp3) is 0.857. The summed E-state index contributed by atoms with van der Waals surface area (Å²) in [5.41, 5.74) is 4.87. The molecule has 1 amide bonds. The number of rotatable bonds is 7. The van der Waals surface area contributed by atoms with Crippen molar-refractivity contribution in [2.24, 2.45) is 22.2 Å². The molecule has 1 atom stereocenters. The minimum atomic E-state index is -0.894. The van der Waals surface area contributed by atoms with Crippen LogP contribution in [0.2, 0.25) is 0 Å². The molecule has 0 heterocycles. The predicted octanol–water partition coefficient (Wildman–Crippen LogP) is 2.43. The first-order valence-corrected chi connectivity index (χ1v) is 7.02. The lowest BCUT2D eigenvalue weighted by Crippen LogP contribution is -2.52. The molecule has 0 aromatic heterocycles. The van der Waals surface area contributed by atoms with Gasteiger partial charge in [0.1, 0.15) is 5.41 Å². The van der Waals surface area contributed by atoms with Gasteiger partial charge < -0.3 is 15.8 Å². The van der Waals surface area contributed by atoms with E-state index < -0.39 is 5.41 Å². The Hall–Kier alpha value is -1.26. The summed E-state index contributed by atoms with van der Waals surface area (Å²) in [6, 6.07) is 0.136. The van der Waals surface area contributed by atoms with Crippen molar-refractivity contribution in [1.82, 2.24) is 4.90 Å². The van der Waals surface area contributed by atoms with E-state index in [-0.39, 0.29) is 17.8 Å². The topological polar surface area (TPSA) is 78.9 Å². The number of carbonyl (C=O) groups is 1. The molecule has 0 radical (unpaired) electrons. The van der Waals surface area contributed by atoms with Crippen LogP contribution in [-0.4, -0.2) is 34.9 Å². The Bertz CT molecular complexity index is 323. The Morgan fingerprint density at radius 2 is 1.79 bits per heavy atom. The van der Waals surface area contributed by atoms with Gasteiger partial charge in [-0.05, 0) is 32.1 Å². The van der Waals surface area contributed by atoms with E-state index in [0.717, 1.165) is 6.42 Å². The molecule has 0 saturated carbocycles. The summed E-state index contributed by atoms with van der Waals surface area (Å²) >= 11 is 0. The van der Waals surface area contributed by atoms with E-state index in [9.17, 15) is 4.79 Å². The molecule has 0 saturated heterocycles. The average molecular weight is 271 g/mol. The minimum absolute atomic E-state index is 0.00565. The number of nitrogens with zero attached hydrogens (tertiary/aromatic N) is 2. The van der Waals surface area contributed by atoms with Crippen molar-refractivity contribution < 1.29 is 10.0 Å². The van der Waals surface area contributed by atoms with Gasteiger partial charge in [0.15, 0.2) is 5.84 Å². The highest BCUT2D eigenvalue weighted by atomic mass is 16.4. The first-order chi connectivity index (χ1) is 8.76. The van der Waals surface area contributed by atoms with Gasteiger partial charge in [0.25, 0.3) is 0 Å². The van der Waals surface area contributed by atoms with Crippen LogP contribution in [0.15, 0.2) is 5.16 Å². The zero-order chi connectivity index (χ0) is 15.2. The fourth-order valence-corrected chi connectivity index (χ4v) is 2.50. The lowest BCUT2D eigenvalue weighted by atomic mass is 9.79. The van der Waals surface area contributed by atoms with Crippen molar-refractivity contribution in [2.45, 2.75) is 59.9 Å². The number of hydrogen-bond donors (Lipinski definition) is 2. The zero-order valence-electron chi connectivity index (χ0n) is 13.1. The smallest absolute Gasteiger partial charge is 0.236 e. The molecule has 0 fully saturated rings. The highest BCUT2D eigenvalue weighted by Crippen LogP contribution is 2.30. The number of hydrogen-bond acceptors (Lipinski definition) is 3. The second kappa shape index (κ2) is 7.36. The van der Waals surface area contributed by atoms with Crippen LogP contribution in [0.4, 0.5) is 0 Å². The maximum atomic E-state index is 12.7. The largest absolute Gasteiger partial charge is 0.409 e. The van der Waals surface area contributed by atoms with Gasteiger partial charge in [-0.25, -0.2) is 0 Å². The van der Waals surface area contributed by atoms with Crippen molar-refractivity contribution >= 4 is 11.7 Å². The predicted molar refractivity (Wildman–Crippen MR) is 78.1 cm³/mol. The van der Waals surface area contributed by atoms with Crippen LogP contribution in [0.25, 0.3) is 0 Å². The van der Waals surface area contributed by atoms with Gasteiger partial charge in [0, 0.05) is 13.1 Å². The number of oxime groups is 1. The van der Waals surface area contributed by atoms with Gasteiger partial charge in [-0.2, -0.15) is 0 Å². The summed E-state index contributed by atoms with van der Waals surface area (Å²) < 4.78 is 0. The molecule has 19 heavy (non-hydrogen) atoms. The number of carbonyl (C=O) groups excluding carboxylic acids is 1. The van der Waals surface area contributed by atoms with Gasteiger partial charge in [0.2, 0.25) is 5.91 Å². The van der Waals surface area contributed by atoms with Gasteiger partial charge in [-0.1, -0.05) is 32.9 Å². The Morgan fingerprint density at radius 1 is 1.32 bits per heavy atom. The van der Waals surface area contributed by atoms with Crippen molar-refractivity contribution in [2.75, 3.05) is 7.05 Å². The average Bonchev–Trinajstić information content (AvgIpc) is 2.38. The van der Waals surface area contributed by atoms with E-state index in [1.54, 1.807) is 11.9 Å². The molecule has 0 aliphatic rings. The van der Waals surface area contributed by atoms with Crippen molar-refractivity contribution in [3.8, 4) is 0 Å². The van der Waals surface area contributed by atoms with Crippen LogP contribution in [-0.2, 0) is 4.79 Å². The number of amidine groups is 1. The fourth-order valence-electron chi connectivity index (χ4n) is 2.50. The van der Waals surface area contributed by atoms with Crippen molar-refractivity contribution in [3.05, 3.63) is 0 Å². The van der Waals surface area contributed by atoms with Gasteiger partial charge in [-0.15, -0.1) is 0 Å². The van der Waals surface area contributed by atoms with Gasteiger partial charge in [0.05, 0.1) is 0 Å². The van der Waals surface area contributed by atoms with Gasteiger partial charge in [-0.3, -0.25) is 4.79 Å². The summed E-state index contributed by atoms with van der Waals surface area (Å²) in [6.07, 6.45) is 1.98. The Morgan fingerprint density at radius 3 is 2.11 bits per heavy atom. The van der Waals surface area contributed by atoms with Crippen molar-refractivity contribution in [1.29, 1.82) is 0 Å². The molecule has 112 valence electrons. The molecule has 1 unspecified atom stereocenters. The van der Waals surface area contributed by atoms with Crippen LogP contribution < -0.4 is 5.73 Å². The molecule has 0 aromatic carbocycles. The van der Waals surface area contributed by atoms with E-state index in [4.69, 9.17) is 10.9 Å². The standard InChI is InChI=1S/C14H29N3O2/c1-7-14(8-2,12(15)16-19)13(18)17(6)11(5)9-10(3)4/h10-11,19H,7-9H2,1-6H3,(H2,15,16). The third-order valence-corrected chi connectivity index (χ3v) is 4.01. The first kappa shape index (κ1) is 17.7. The first-order valence-electron chi connectivity index (χ1n) is 7.02. The summed E-state index contributed by atoms with van der Waals surface area (Å²) in [5, 5.41) is 12.0. The molecule has 0 aliphatic carbocycles. The third-order valence-electron chi connectivity index (χ3n) is 4.01. The molecular weight excluding hydrogens is 242 g/mol. The molecule has 0 aromatic rings.